The molecule has 19 heavy (non-hydrogen) atoms. The third kappa shape index (κ3) is 2.60. The first-order chi connectivity index (χ1) is 9.24. The Morgan fingerprint density at radius 3 is 2.53 bits per heavy atom. The van der Waals surface area contributed by atoms with Crippen LogP contribution in [0.5, 0.6) is 0 Å². The molecule has 2 heterocycles. The van der Waals surface area contributed by atoms with Crippen molar-refractivity contribution < 1.29 is 0 Å². The van der Waals surface area contributed by atoms with Crippen LogP contribution >= 0.6 is 11.6 Å². The zero-order valence-electron chi connectivity index (χ0n) is 10.9. The van der Waals surface area contributed by atoms with Crippen molar-refractivity contribution in [3.05, 3.63) is 41.0 Å². The molecule has 2 aromatic rings. The second kappa shape index (κ2) is 5.23. The van der Waals surface area contributed by atoms with Crippen LogP contribution in [-0.2, 0) is 0 Å². The Morgan fingerprint density at radius 1 is 1.16 bits per heavy atom. The molecule has 100 valence electrons. The lowest BCUT2D eigenvalue weighted by molar-refractivity contribution is 0.583. The third-order valence-corrected chi connectivity index (χ3v) is 3.64. The maximum Gasteiger partial charge on any atom is 0.151 e. The maximum absolute atomic E-state index is 5.92. The van der Waals surface area contributed by atoms with E-state index >= 15 is 0 Å². The van der Waals surface area contributed by atoms with Gasteiger partial charge >= 0.3 is 0 Å². The first-order valence-electron chi connectivity index (χ1n) is 6.52. The summed E-state index contributed by atoms with van der Waals surface area (Å²) in [5, 5.41) is 8.80. The Morgan fingerprint density at radius 2 is 1.84 bits per heavy atom. The van der Waals surface area contributed by atoms with Gasteiger partial charge in [-0.25, -0.2) is 4.68 Å². The van der Waals surface area contributed by atoms with Crippen molar-refractivity contribution in [2.24, 2.45) is 0 Å². The first-order valence-corrected chi connectivity index (χ1v) is 6.90. The number of hydrogen-bond donors (Lipinski definition) is 1. The summed E-state index contributed by atoms with van der Waals surface area (Å²) in [6.45, 7) is 6.14. The van der Waals surface area contributed by atoms with Crippen LogP contribution in [0, 0.1) is 6.92 Å². The number of nitrogens with one attached hydrogen (secondary N) is 1. The average molecular weight is 277 g/mol. The molecule has 1 aliphatic rings. The molecule has 0 atom stereocenters. The topological polar surface area (TPSA) is 33.1 Å². The Bertz CT molecular complexity index is 555. The van der Waals surface area contributed by atoms with E-state index in [9.17, 15) is 0 Å². The van der Waals surface area contributed by atoms with Crippen molar-refractivity contribution in [1.82, 2.24) is 15.1 Å². The Kier molecular flexibility index (Phi) is 3.44. The highest BCUT2D eigenvalue weighted by Crippen LogP contribution is 2.20. The Hall–Kier alpha value is -1.52. The van der Waals surface area contributed by atoms with Crippen LogP contribution < -0.4 is 10.2 Å². The van der Waals surface area contributed by atoms with Crippen LogP contribution in [0.1, 0.15) is 5.69 Å². The number of nitrogens with zero attached hydrogens (tertiary/aromatic N) is 3. The second-order valence-electron chi connectivity index (χ2n) is 4.77. The summed E-state index contributed by atoms with van der Waals surface area (Å²) in [5.41, 5.74) is 2.18. The number of aromatic nitrogens is 2. The molecular formula is C14H17ClN4. The minimum Gasteiger partial charge on any atom is -0.353 e. The normalized spacial score (nSPS) is 15.8. The zero-order valence-corrected chi connectivity index (χ0v) is 11.7. The summed E-state index contributed by atoms with van der Waals surface area (Å²) >= 11 is 5.92. The minimum atomic E-state index is 0.746. The molecule has 3 rings (SSSR count). The fourth-order valence-corrected chi connectivity index (χ4v) is 2.48. The second-order valence-corrected chi connectivity index (χ2v) is 5.21. The summed E-state index contributed by atoms with van der Waals surface area (Å²) in [6, 6.07) is 9.90. The fraction of sp³-hybridized carbons (Fsp3) is 0.357. The summed E-state index contributed by atoms with van der Waals surface area (Å²) in [4.78, 5) is 2.32. The lowest BCUT2D eigenvalue weighted by atomic mass is 10.3. The number of hydrogen-bond acceptors (Lipinski definition) is 3. The fourth-order valence-electron chi connectivity index (χ4n) is 2.35. The predicted molar refractivity (Wildman–Crippen MR) is 78.4 cm³/mol. The largest absolute Gasteiger partial charge is 0.353 e. The molecular weight excluding hydrogens is 260 g/mol. The van der Waals surface area contributed by atoms with Crippen LogP contribution in [0.3, 0.4) is 0 Å². The molecule has 0 radical (unpaired) electrons. The van der Waals surface area contributed by atoms with Gasteiger partial charge in [0.05, 0.1) is 5.69 Å². The van der Waals surface area contributed by atoms with E-state index in [1.54, 1.807) is 0 Å². The van der Waals surface area contributed by atoms with Gasteiger partial charge < -0.3 is 10.2 Å². The van der Waals surface area contributed by atoms with E-state index in [0.717, 1.165) is 48.4 Å². The molecule has 0 amide bonds. The monoisotopic (exact) mass is 276 g/mol. The van der Waals surface area contributed by atoms with E-state index in [0.29, 0.717) is 0 Å². The van der Waals surface area contributed by atoms with Crippen LogP contribution in [0.2, 0.25) is 5.02 Å². The van der Waals surface area contributed by atoms with Crippen LogP contribution in [0.25, 0.3) is 5.69 Å². The van der Waals surface area contributed by atoms with Crippen molar-refractivity contribution in [2.45, 2.75) is 6.92 Å². The van der Waals surface area contributed by atoms with Gasteiger partial charge in [-0.3, -0.25) is 0 Å². The van der Waals surface area contributed by atoms with Crippen LogP contribution in [0.15, 0.2) is 30.3 Å². The lowest BCUT2D eigenvalue weighted by Crippen LogP contribution is -2.43. The van der Waals surface area contributed by atoms with E-state index in [1.165, 1.54) is 0 Å². The molecule has 0 saturated carbocycles. The number of piperazine rings is 1. The molecule has 0 aliphatic carbocycles. The molecule has 1 aromatic heterocycles. The third-order valence-electron chi connectivity index (χ3n) is 3.39. The van der Waals surface area contributed by atoms with Gasteiger partial charge in [0, 0.05) is 43.0 Å². The summed E-state index contributed by atoms with van der Waals surface area (Å²) in [7, 11) is 0. The van der Waals surface area contributed by atoms with Gasteiger partial charge in [-0.05, 0) is 31.2 Å². The Balaban J connectivity index is 1.90. The summed E-state index contributed by atoms with van der Waals surface area (Å²) < 4.78 is 1.97. The van der Waals surface area contributed by atoms with E-state index in [-0.39, 0.29) is 0 Å². The molecule has 0 bridgehead atoms. The van der Waals surface area contributed by atoms with Gasteiger partial charge in [-0.2, -0.15) is 5.10 Å². The van der Waals surface area contributed by atoms with Crippen molar-refractivity contribution in [2.75, 3.05) is 31.1 Å². The molecule has 1 saturated heterocycles. The summed E-state index contributed by atoms with van der Waals surface area (Å²) in [5.74, 6) is 1.05. The molecule has 1 fully saturated rings. The number of aryl methyl sites for hydroxylation is 1. The lowest BCUT2D eigenvalue weighted by Gasteiger charge is -2.27. The van der Waals surface area contributed by atoms with E-state index < -0.39 is 0 Å². The standard InChI is InChI=1S/C14H17ClN4/c1-11-10-14(18-8-6-16-7-9-18)17-19(11)13-4-2-12(15)3-5-13/h2-5,10,16H,6-9H2,1H3. The number of rotatable bonds is 2. The van der Waals surface area contributed by atoms with Crippen molar-refractivity contribution in [1.29, 1.82) is 0 Å². The number of halogens is 1. The van der Waals surface area contributed by atoms with Crippen LogP contribution in [-0.4, -0.2) is 36.0 Å². The SMILES string of the molecule is Cc1cc(N2CCNCC2)nn1-c1ccc(Cl)cc1. The van der Waals surface area contributed by atoms with Crippen molar-refractivity contribution >= 4 is 17.4 Å². The Labute approximate surface area is 118 Å². The number of anilines is 1. The van der Waals surface area contributed by atoms with Gasteiger partial charge in [0.2, 0.25) is 0 Å². The van der Waals surface area contributed by atoms with Crippen molar-refractivity contribution in [3.63, 3.8) is 0 Å². The molecule has 1 aromatic carbocycles. The highest BCUT2D eigenvalue weighted by Gasteiger charge is 2.15. The van der Waals surface area contributed by atoms with Gasteiger partial charge in [-0.1, -0.05) is 11.6 Å². The first kappa shape index (κ1) is 12.5. The van der Waals surface area contributed by atoms with Gasteiger partial charge in [-0.15, -0.1) is 0 Å². The van der Waals surface area contributed by atoms with Gasteiger partial charge in [0.15, 0.2) is 5.82 Å². The number of benzene rings is 1. The molecule has 0 unspecified atom stereocenters. The van der Waals surface area contributed by atoms with Crippen molar-refractivity contribution in [3.8, 4) is 5.69 Å². The van der Waals surface area contributed by atoms with E-state index in [4.69, 9.17) is 16.7 Å². The highest BCUT2D eigenvalue weighted by atomic mass is 35.5. The predicted octanol–water partition coefficient (Wildman–Crippen LogP) is 2.24. The van der Waals surface area contributed by atoms with E-state index in [1.807, 2.05) is 28.9 Å². The van der Waals surface area contributed by atoms with Gasteiger partial charge in [0.1, 0.15) is 0 Å². The van der Waals surface area contributed by atoms with Crippen LogP contribution in [0.4, 0.5) is 5.82 Å². The summed E-state index contributed by atoms with van der Waals surface area (Å²) in [6.07, 6.45) is 0. The zero-order chi connectivity index (χ0) is 13.2. The van der Waals surface area contributed by atoms with E-state index in [2.05, 4.69) is 23.2 Å². The molecule has 1 aliphatic heterocycles. The quantitative estimate of drug-likeness (QED) is 0.913. The maximum atomic E-state index is 5.92. The average Bonchev–Trinajstić information content (AvgIpc) is 2.83. The molecule has 5 heteroatoms. The van der Waals surface area contributed by atoms with Gasteiger partial charge in [0.25, 0.3) is 0 Å². The smallest absolute Gasteiger partial charge is 0.151 e. The molecule has 0 spiro atoms. The highest BCUT2D eigenvalue weighted by molar-refractivity contribution is 6.30. The molecule has 1 N–H and O–H groups in total. The minimum absolute atomic E-state index is 0.746. The molecule has 4 nitrogen and oxygen atoms in total.